The number of amides is 1. The van der Waals surface area contributed by atoms with Gasteiger partial charge in [-0.05, 0) is 70.3 Å². The van der Waals surface area contributed by atoms with Gasteiger partial charge in [-0.3, -0.25) is 4.79 Å². The van der Waals surface area contributed by atoms with Crippen molar-refractivity contribution in [2.24, 2.45) is 5.73 Å². The minimum atomic E-state index is -0.207. The van der Waals surface area contributed by atoms with Crippen LogP contribution >= 0.6 is 22.6 Å². The van der Waals surface area contributed by atoms with Gasteiger partial charge in [0.2, 0.25) is 0 Å². The average molecular weight is 392 g/mol. The van der Waals surface area contributed by atoms with Gasteiger partial charge in [0.1, 0.15) is 0 Å². The van der Waals surface area contributed by atoms with Gasteiger partial charge in [0.25, 0.3) is 5.91 Å². The Bertz CT molecular complexity index is 684. The van der Waals surface area contributed by atoms with Gasteiger partial charge in [-0.1, -0.05) is 24.3 Å². The molecule has 0 spiro atoms. The number of hydrogen-bond acceptors (Lipinski definition) is 2. The summed E-state index contributed by atoms with van der Waals surface area (Å²) in [7, 11) is 0. The number of aryl methyl sites for hydroxylation is 1. The van der Waals surface area contributed by atoms with Crippen LogP contribution in [0.4, 0.5) is 0 Å². The molecule has 3 nitrogen and oxygen atoms in total. The summed E-state index contributed by atoms with van der Waals surface area (Å²) in [6, 6.07) is 14.0. The Morgan fingerprint density at radius 3 is 2.76 bits per heavy atom. The number of benzene rings is 2. The van der Waals surface area contributed by atoms with Crippen molar-refractivity contribution in [3.63, 3.8) is 0 Å². The number of hydrogen-bond donors (Lipinski definition) is 2. The van der Waals surface area contributed by atoms with Crippen LogP contribution in [0.5, 0.6) is 0 Å². The lowest BCUT2D eigenvalue weighted by molar-refractivity contribution is 0.0956. The third-order valence-electron chi connectivity index (χ3n) is 3.85. The highest BCUT2D eigenvalue weighted by Crippen LogP contribution is 2.24. The molecule has 1 amide bonds. The van der Waals surface area contributed by atoms with Crippen LogP contribution in [0.15, 0.2) is 42.5 Å². The van der Waals surface area contributed by atoms with Crippen molar-refractivity contribution in [2.75, 3.05) is 6.54 Å². The summed E-state index contributed by atoms with van der Waals surface area (Å²) >= 11 is 2.28. The Kier molecular flexibility index (Phi) is 4.26. The van der Waals surface area contributed by atoms with Crippen molar-refractivity contribution in [3.05, 3.63) is 68.3 Å². The Morgan fingerprint density at radius 1 is 1.14 bits per heavy atom. The molecule has 21 heavy (non-hydrogen) atoms. The molecule has 0 bridgehead atoms. The summed E-state index contributed by atoms with van der Waals surface area (Å²) in [4.78, 5) is 12.1. The van der Waals surface area contributed by atoms with Crippen LogP contribution in [0.1, 0.15) is 39.5 Å². The van der Waals surface area contributed by atoms with Crippen molar-refractivity contribution < 1.29 is 4.79 Å². The summed E-state index contributed by atoms with van der Waals surface area (Å²) in [5.74, 6) is 0.0131. The Balaban J connectivity index is 1.98. The molecule has 0 radical (unpaired) electrons. The van der Waals surface area contributed by atoms with Crippen molar-refractivity contribution in [2.45, 2.75) is 18.9 Å². The molecule has 108 valence electrons. The van der Waals surface area contributed by atoms with Gasteiger partial charge in [-0.15, -0.1) is 0 Å². The van der Waals surface area contributed by atoms with E-state index in [-0.39, 0.29) is 11.9 Å². The molecule has 0 fully saturated rings. The van der Waals surface area contributed by atoms with Crippen LogP contribution in [0, 0.1) is 3.57 Å². The molecule has 3 N–H and O–H groups in total. The number of nitrogens with one attached hydrogen (secondary N) is 1. The van der Waals surface area contributed by atoms with Crippen LogP contribution in [0.2, 0.25) is 0 Å². The molecule has 0 saturated carbocycles. The van der Waals surface area contributed by atoms with E-state index < -0.39 is 0 Å². The zero-order valence-corrected chi connectivity index (χ0v) is 13.8. The topological polar surface area (TPSA) is 55.1 Å². The standard InChI is InChI=1S/C17H17IN2O/c18-14-5-1-3-12(9-14)16(19)13-7-6-11-4-2-8-20-17(21)15(11)10-13/h1,3,5-7,9-10,16H,2,4,8,19H2,(H,20,21). The lowest BCUT2D eigenvalue weighted by atomic mass is 9.94. The molecule has 4 heteroatoms. The number of nitrogens with two attached hydrogens (primary N) is 1. The van der Waals surface area contributed by atoms with Crippen LogP contribution in [0.3, 0.4) is 0 Å². The van der Waals surface area contributed by atoms with E-state index in [1.54, 1.807) is 0 Å². The first-order chi connectivity index (χ1) is 10.1. The molecule has 2 aromatic rings. The van der Waals surface area contributed by atoms with E-state index in [9.17, 15) is 4.79 Å². The molecule has 1 heterocycles. The maximum Gasteiger partial charge on any atom is 0.251 e. The predicted octanol–water partition coefficient (Wildman–Crippen LogP) is 3.02. The normalized spacial score (nSPS) is 15.8. The fraction of sp³-hybridized carbons (Fsp3) is 0.235. The summed E-state index contributed by atoms with van der Waals surface area (Å²) in [5, 5.41) is 2.93. The van der Waals surface area contributed by atoms with E-state index in [2.05, 4.69) is 34.0 Å². The summed E-state index contributed by atoms with van der Waals surface area (Å²) in [6.45, 7) is 0.742. The van der Waals surface area contributed by atoms with Crippen LogP contribution in [-0.4, -0.2) is 12.5 Å². The maximum absolute atomic E-state index is 12.1. The zero-order valence-electron chi connectivity index (χ0n) is 11.6. The van der Waals surface area contributed by atoms with Gasteiger partial charge in [-0.2, -0.15) is 0 Å². The second-order valence-electron chi connectivity index (χ2n) is 5.31. The van der Waals surface area contributed by atoms with E-state index in [0.717, 1.165) is 45.2 Å². The van der Waals surface area contributed by atoms with Gasteiger partial charge in [0.15, 0.2) is 0 Å². The van der Waals surface area contributed by atoms with E-state index in [0.29, 0.717) is 0 Å². The first-order valence-electron chi connectivity index (χ1n) is 7.07. The third-order valence-corrected chi connectivity index (χ3v) is 4.52. The van der Waals surface area contributed by atoms with Crippen LogP contribution < -0.4 is 11.1 Å². The molecule has 3 rings (SSSR count). The molecule has 0 saturated heterocycles. The molecular formula is C17H17IN2O. The maximum atomic E-state index is 12.1. The van der Waals surface area contributed by atoms with Gasteiger partial charge in [0, 0.05) is 15.7 Å². The lowest BCUT2D eigenvalue weighted by Gasteiger charge is -2.15. The summed E-state index contributed by atoms with van der Waals surface area (Å²) in [6.07, 6.45) is 1.92. The Labute approximate surface area is 138 Å². The molecule has 1 aliphatic heterocycles. The smallest absolute Gasteiger partial charge is 0.251 e. The molecular weight excluding hydrogens is 375 g/mol. The third kappa shape index (κ3) is 3.11. The summed E-state index contributed by atoms with van der Waals surface area (Å²) < 4.78 is 1.16. The minimum absolute atomic E-state index is 0.0131. The number of fused-ring (bicyclic) bond motifs is 1. The van der Waals surface area contributed by atoms with E-state index in [1.165, 1.54) is 0 Å². The first-order valence-corrected chi connectivity index (χ1v) is 8.15. The molecule has 0 aromatic heterocycles. The largest absolute Gasteiger partial charge is 0.352 e. The average Bonchev–Trinajstić information content (AvgIpc) is 2.68. The van der Waals surface area contributed by atoms with Crippen LogP contribution in [0.25, 0.3) is 0 Å². The molecule has 0 aliphatic carbocycles. The predicted molar refractivity (Wildman–Crippen MR) is 92.3 cm³/mol. The monoisotopic (exact) mass is 392 g/mol. The number of carbonyl (C=O) groups is 1. The highest BCUT2D eigenvalue weighted by atomic mass is 127. The Morgan fingerprint density at radius 2 is 1.95 bits per heavy atom. The Hall–Kier alpha value is -1.40. The number of halogens is 1. The second kappa shape index (κ2) is 6.15. The zero-order chi connectivity index (χ0) is 14.8. The minimum Gasteiger partial charge on any atom is -0.352 e. The van der Waals surface area contributed by atoms with E-state index in [4.69, 9.17) is 5.73 Å². The molecule has 1 atom stereocenters. The van der Waals surface area contributed by atoms with Crippen molar-refractivity contribution in [1.82, 2.24) is 5.32 Å². The fourth-order valence-corrected chi connectivity index (χ4v) is 3.25. The summed E-state index contributed by atoms with van der Waals surface area (Å²) in [5.41, 5.74) is 10.3. The van der Waals surface area contributed by atoms with Crippen molar-refractivity contribution >= 4 is 28.5 Å². The van der Waals surface area contributed by atoms with Gasteiger partial charge in [-0.25, -0.2) is 0 Å². The SMILES string of the molecule is NC(c1cccc(I)c1)c1ccc2c(c1)C(=O)NCCC2. The highest BCUT2D eigenvalue weighted by molar-refractivity contribution is 14.1. The second-order valence-corrected chi connectivity index (χ2v) is 6.55. The molecule has 1 aliphatic rings. The van der Waals surface area contributed by atoms with Crippen molar-refractivity contribution in [1.29, 1.82) is 0 Å². The highest BCUT2D eigenvalue weighted by Gasteiger charge is 2.18. The quantitative estimate of drug-likeness (QED) is 0.773. The van der Waals surface area contributed by atoms with E-state index in [1.807, 2.05) is 36.4 Å². The number of carbonyl (C=O) groups excluding carboxylic acids is 1. The number of rotatable bonds is 2. The van der Waals surface area contributed by atoms with Crippen molar-refractivity contribution in [3.8, 4) is 0 Å². The lowest BCUT2D eigenvalue weighted by Crippen LogP contribution is -2.23. The van der Waals surface area contributed by atoms with Gasteiger partial charge < -0.3 is 11.1 Å². The van der Waals surface area contributed by atoms with Crippen LogP contribution in [-0.2, 0) is 6.42 Å². The van der Waals surface area contributed by atoms with Gasteiger partial charge >= 0.3 is 0 Å². The fourth-order valence-electron chi connectivity index (χ4n) is 2.69. The van der Waals surface area contributed by atoms with E-state index >= 15 is 0 Å². The molecule has 2 aromatic carbocycles. The molecule has 1 unspecified atom stereocenters. The first kappa shape index (κ1) is 14.5. The van der Waals surface area contributed by atoms with Gasteiger partial charge in [0.05, 0.1) is 6.04 Å².